The van der Waals surface area contributed by atoms with Crippen LogP contribution in [0.15, 0.2) is 66.3 Å². The number of methoxy groups -OCH3 is 1. The summed E-state index contributed by atoms with van der Waals surface area (Å²) in [5.41, 5.74) is 3.68. The van der Waals surface area contributed by atoms with Gasteiger partial charge in [0.1, 0.15) is 17.8 Å². The molecule has 4 aromatic rings. The second-order valence-electron chi connectivity index (χ2n) is 9.28. The number of halogens is 1. The number of anilines is 1. The van der Waals surface area contributed by atoms with Crippen LogP contribution in [-0.4, -0.2) is 75.1 Å². The molecule has 38 heavy (non-hydrogen) atoms. The first-order chi connectivity index (χ1) is 18.4. The number of nitrogens with zero attached hydrogens (tertiary/aromatic N) is 7. The van der Waals surface area contributed by atoms with Crippen molar-refractivity contribution in [2.24, 2.45) is 12.0 Å². The normalized spacial score (nSPS) is 15.9. The predicted molar refractivity (Wildman–Crippen MR) is 144 cm³/mol. The van der Waals surface area contributed by atoms with Crippen molar-refractivity contribution in [1.29, 1.82) is 5.41 Å². The zero-order valence-corrected chi connectivity index (χ0v) is 21.6. The van der Waals surface area contributed by atoms with Gasteiger partial charge in [-0.15, -0.1) is 0 Å². The maximum absolute atomic E-state index is 13.4. The van der Waals surface area contributed by atoms with E-state index in [0.29, 0.717) is 32.1 Å². The van der Waals surface area contributed by atoms with Crippen molar-refractivity contribution < 1.29 is 9.13 Å². The number of ether oxygens (including phenoxy) is 1. The summed E-state index contributed by atoms with van der Waals surface area (Å²) >= 11 is 0. The lowest BCUT2D eigenvalue weighted by Crippen LogP contribution is -2.49. The van der Waals surface area contributed by atoms with Crippen LogP contribution in [0.3, 0.4) is 0 Å². The van der Waals surface area contributed by atoms with Gasteiger partial charge in [-0.1, -0.05) is 12.1 Å². The molecular weight excluding hydrogens is 485 g/mol. The molecule has 1 aliphatic heterocycles. The van der Waals surface area contributed by atoms with Gasteiger partial charge in [0, 0.05) is 81.8 Å². The fourth-order valence-electron chi connectivity index (χ4n) is 4.66. The zero-order chi connectivity index (χ0) is 26.7. The van der Waals surface area contributed by atoms with E-state index in [0.717, 1.165) is 40.1 Å². The maximum atomic E-state index is 13.4. The van der Waals surface area contributed by atoms with Crippen molar-refractivity contribution in [2.75, 3.05) is 38.2 Å². The number of aromatic nitrogens is 5. The molecule has 1 fully saturated rings. The lowest BCUT2D eigenvalue weighted by atomic mass is 9.90. The van der Waals surface area contributed by atoms with Crippen LogP contribution < -0.4 is 4.90 Å². The van der Waals surface area contributed by atoms with Gasteiger partial charge >= 0.3 is 0 Å². The van der Waals surface area contributed by atoms with Crippen molar-refractivity contribution in [3.63, 3.8) is 0 Å². The highest BCUT2D eigenvalue weighted by Crippen LogP contribution is 2.32. The highest BCUT2D eigenvalue weighted by molar-refractivity contribution is 6.01. The molecule has 3 aromatic heterocycles. The van der Waals surface area contributed by atoms with Crippen molar-refractivity contribution >= 4 is 18.1 Å². The number of hydrogen-bond donors (Lipinski definition) is 2. The fourth-order valence-corrected chi connectivity index (χ4v) is 4.66. The smallest absolute Gasteiger partial charge is 0.225 e. The summed E-state index contributed by atoms with van der Waals surface area (Å²) in [6.45, 7) is 4.72. The number of benzene rings is 1. The Morgan fingerprint density at radius 1 is 1.08 bits per heavy atom. The average molecular weight is 516 g/mol. The number of aryl methyl sites for hydroxylation is 1. The Kier molecular flexibility index (Phi) is 7.01. The quantitative estimate of drug-likeness (QED) is 0.288. The van der Waals surface area contributed by atoms with E-state index in [9.17, 15) is 4.39 Å². The van der Waals surface area contributed by atoms with Crippen LogP contribution in [0.5, 0.6) is 0 Å². The summed E-state index contributed by atoms with van der Waals surface area (Å²) in [5.74, 6) is 1.06. The van der Waals surface area contributed by atoms with Crippen LogP contribution in [0.2, 0.25) is 0 Å². The summed E-state index contributed by atoms with van der Waals surface area (Å²) in [6.07, 6.45) is 10.3. The van der Waals surface area contributed by atoms with Gasteiger partial charge in [-0.3, -0.25) is 10.1 Å². The van der Waals surface area contributed by atoms with E-state index < -0.39 is 5.60 Å². The Morgan fingerprint density at radius 2 is 1.79 bits per heavy atom. The summed E-state index contributed by atoms with van der Waals surface area (Å²) in [7, 11) is 3.51. The molecular formula is C27H30FN9O. The molecule has 0 spiro atoms. The van der Waals surface area contributed by atoms with E-state index in [1.165, 1.54) is 12.1 Å². The minimum atomic E-state index is -0.798. The lowest BCUT2D eigenvalue weighted by Gasteiger charge is -2.36. The van der Waals surface area contributed by atoms with E-state index in [2.05, 4.69) is 34.8 Å². The van der Waals surface area contributed by atoms with Gasteiger partial charge in [-0.2, -0.15) is 5.10 Å². The van der Waals surface area contributed by atoms with Gasteiger partial charge in [0.05, 0.1) is 11.9 Å². The number of aliphatic imine (C=N–C) groups is 1. The van der Waals surface area contributed by atoms with Crippen LogP contribution in [0.4, 0.5) is 10.3 Å². The second kappa shape index (κ2) is 10.5. The Bertz CT molecular complexity index is 1420. The second-order valence-corrected chi connectivity index (χ2v) is 9.28. The third kappa shape index (κ3) is 4.92. The number of nitrogens with one attached hydrogen (secondary N) is 2. The van der Waals surface area contributed by atoms with E-state index in [1.807, 2.05) is 38.6 Å². The first-order valence-corrected chi connectivity index (χ1v) is 12.3. The first-order valence-electron chi connectivity index (χ1n) is 12.3. The van der Waals surface area contributed by atoms with Gasteiger partial charge in [0.2, 0.25) is 5.95 Å². The minimum Gasteiger partial charge on any atom is -0.369 e. The minimum absolute atomic E-state index is 0.294. The largest absolute Gasteiger partial charge is 0.369 e. The number of rotatable bonds is 7. The van der Waals surface area contributed by atoms with Gasteiger partial charge < -0.3 is 19.5 Å². The molecule has 0 unspecified atom stereocenters. The Hall–Kier alpha value is -4.38. The molecule has 4 heterocycles. The highest BCUT2D eigenvalue weighted by Gasteiger charge is 2.30. The maximum Gasteiger partial charge on any atom is 0.225 e. The third-order valence-corrected chi connectivity index (χ3v) is 7.00. The Morgan fingerprint density at radius 3 is 2.39 bits per heavy atom. The van der Waals surface area contributed by atoms with E-state index in [-0.39, 0.29) is 5.82 Å². The van der Waals surface area contributed by atoms with Crippen LogP contribution in [0, 0.1) is 11.2 Å². The molecule has 0 radical (unpaired) electrons. The molecule has 1 aliphatic rings. The predicted octanol–water partition coefficient (Wildman–Crippen LogP) is 3.43. The SMILES string of the molecule is CO[C@](C)(c1ccc(F)cc1)c1cnc(N2CCN(C(=NC=N)c3cc(-c4cnn(C)c4)c[nH]3)CC2)nc1. The number of piperazine rings is 1. The van der Waals surface area contributed by atoms with Crippen LogP contribution in [0.25, 0.3) is 11.1 Å². The van der Waals surface area contributed by atoms with E-state index >= 15 is 0 Å². The van der Waals surface area contributed by atoms with Gasteiger partial charge in [0.25, 0.3) is 0 Å². The van der Waals surface area contributed by atoms with Gasteiger partial charge in [-0.05, 0) is 30.7 Å². The first kappa shape index (κ1) is 25.3. The summed E-state index contributed by atoms with van der Waals surface area (Å²) in [5, 5.41) is 11.8. The van der Waals surface area contributed by atoms with Crippen molar-refractivity contribution in [2.45, 2.75) is 12.5 Å². The molecule has 196 valence electrons. The summed E-state index contributed by atoms with van der Waals surface area (Å²) < 4.78 is 21.0. The van der Waals surface area contributed by atoms with Crippen LogP contribution >= 0.6 is 0 Å². The molecule has 0 amide bonds. The van der Waals surface area contributed by atoms with Gasteiger partial charge in [0.15, 0.2) is 5.84 Å². The molecule has 10 nitrogen and oxygen atoms in total. The third-order valence-electron chi connectivity index (χ3n) is 7.00. The Labute approximate surface area is 220 Å². The van der Waals surface area contributed by atoms with Crippen molar-refractivity contribution in [3.05, 3.63) is 84.0 Å². The number of amidine groups is 1. The zero-order valence-electron chi connectivity index (χ0n) is 21.6. The van der Waals surface area contributed by atoms with Crippen LogP contribution in [-0.2, 0) is 17.4 Å². The lowest BCUT2D eigenvalue weighted by molar-refractivity contribution is 0.0384. The van der Waals surface area contributed by atoms with Crippen molar-refractivity contribution in [1.82, 2.24) is 29.6 Å². The molecule has 2 N–H and O–H groups in total. The topological polar surface area (TPSA) is 111 Å². The molecule has 0 aliphatic carbocycles. The number of H-pyrrole nitrogens is 1. The number of hydrogen-bond acceptors (Lipinski definition) is 6. The summed E-state index contributed by atoms with van der Waals surface area (Å²) in [4.78, 5) is 21.2. The van der Waals surface area contributed by atoms with Crippen molar-refractivity contribution in [3.8, 4) is 11.1 Å². The molecule has 1 saturated heterocycles. The molecule has 1 aromatic carbocycles. The number of aromatic amines is 1. The summed E-state index contributed by atoms with van der Waals surface area (Å²) in [6, 6.07) is 8.29. The van der Waals surface area contributed by atoms with Crippen LogP contribution in [0.1, 0.15) is 23.7 Å². The molecule has 5 rings (SSSR count). The molecule has 1 atom stereocenters. The molecule has 0 bridgehead atoms. The monoisotopic (exact) mass is 515 g/mol. The standard InChI is InChI=1S/C27H30FN9O/c1-27(38-3,21-4-6-23(28)7-5-21)22-15-31-26(32-16-22)37-10-8-36(9-11-37)25(33-18-29)24-12-19(13-30-24)20-14-34-35(2)17-20/h4-7,12-18,29-30H,8-11H2,1-3H3/t27-/m1/s1. The Balaban J connectivity index is 1.27. The van der Waals surface area contributed by atoms with E-state index in [1.54, 1.807) is 36.3 Å². The van der Waals surface area contributed by atoms with Gasteiger partial charge in [-0.25, -0.2) is 19.4 Å². The molecule has 0 saturated carbocycles. The van der Waals surface area contributed by atoms with E-state index in [4.69, 9.17) is 10.1 Å². The molecule has 11 heteroatoms. The highest BCUT2D eigenvalue weighted by atomic mass is 19.1. The fraction of sp³-hybridized carbons (Fsp3) is 0.296. The average Bonchev–Trinajstić information content (AvgIpc) is 3.61.